The number of methoxy groups -OCH3 is 1. The Labute approximate surface area is 124 Å². The molecule has 1 aliphatic heterocycles. The van der Waals surface area contributed by atoms with Gasteiger partial charge >= 0.3 is 0 Å². The second-order valence-electron chi connectivity index (χ2n) is 5.04. The Bertz CT molecular complexity index is 598. The van der Waals surface area contributed by atoms with Gasteiger partial charge in [0, 0.05) is 26.4 Å². The molecule has 0 bridgehead atoms. The normalized spacial score (nSPS) is 19.8. The van der Waals surface area contributed by atoms with Crippen molar-refractivity contribution in [1.82, 2.24) is 19.4 Å². The fraction of sp³-hybridized carbons (Fsp3) is 0.667. The summed E-state index contributed by atoms with van der Waals surface area (Å²) < 4.78 is 31.6. The molecule has 21 heavy (non-hydrogen) atoms. The predicted octanol–water partition coefficient (Wildman–Crippen LogP) is -0.963. The molecule has 1 N–H and O–H groups in total. The summed E-state index contributed by atoms with van der Waals surface area (Å²) in [6.45, 7) is 1.58. The molecule has 0 spiro atoms. The maximum Gasteiger partial charge on any atom is 0.226 e. The van der Waals surface area contributed by atoms with Crippen LogP contribution in [0, 0.1) is 5.92 Å². The summed E-state index contributed by atoms with van der Waals surface area (Å²) in [5, 5.41) is 6.90. The maximum absolute atomic E-state index is 12.2. The first-order valence-electron chi connectivity index (χ1n) is 6.64. The first-order valence-corrected chi connectivity index (χ1v) is 8.49. The second-order valence-corrected chi connectivity index (χ2v) is 7.02. The van der Waals surface area contributed by atoms with Crippen LogP contribution in [-0.4, -0.2) is 61.5 Å². The Morgan fingerprint density at radius 2 is 2.29 bits per heavy atom. The monoisotopic (exact) mass is 316 g/mol. The van der Waals surface area contributed by atoms with Crippen LogP contribution in [0.3, 0.4) is 0 Å². The highest BCUT2D eigenvalue weighted by molar-refractivity contribution is 7.88. The predicted molar refractivity (Wildman–Crippen MR) is 75.9 cm³/mol. The largest absolute Gasteiger partial charge is 0.383 e. The molecule has 1 aromatic rings. The van der Waals surface area contributed by atoms with Gasteiger partial charge in [0.1, 0.15) is 0 Å². The highest BCUT2D eigenvalue weighted by Gasteiger charge is 2.31. The Morgan fingerprint density at radius 1 is 1.52 bits per heavy atom. The van der Waals surface area contributed by atoms with E-state index in [2.05, 4.69) is 10.4 Å². The number of aromatic nitrogens is 2. The SMILES string of the molecule is COCCNC(=O)C1CN(S(C)(=O)=O)Cc2ccnn2C1. The van der Waals surface area contributed by atoms with E-state index in [1.54, 1.807) is 24.1 Å². The number of fused-ring (bicyclic) bond motifs is 1. The lowest BCUT2D eigenvalue weighted by Gasteiger charge is -2.21. The first-order chi connectivity index (χ1) is 9.91. The molecule has 0 aromatic carbocycles. The van der Waals surface area contributed by atoms with E-state index in [0.717, 1.165) is 11.9 Å². The zero-order valence-electron chi connectivity index (χ0n) is 12.2. The molecule has 0 fully saturated rings. The van der Waals surface area contributed by atoms with Gasteiger partial charge in [0.05, 0.1) is 37.6 Å². The van der Waals surface area contributed by atoms with Crippen LogP contribution < -0.4 is 5.32 Å². The molecule has 1 aromatic heterocycles. The van der Waals surface area contributed by atoms with Gasteiger partial charge in [0.15, 0.2) is 0 Å². The summed E-state index contributed by atoms with van der Waals surface area (Å²) in [5.41, 5.74) is 0.785. The topological polar surface area (TPSA) is 93.5 Å². The van der Waals surface area contributed by atoms with Crippen molar-refractivity contribution >= 4 is 15.9 Å². The van der Waals surface area contributed by atoms with E-state index in [4.69, 9.17) is 4.74 Å². The van der Waals surface area contributed by atoms with Crippen LogP contribution in [0.25, 0.3) is 0 Å². The van der Waals surface area contributed by atoms with E-state index in [1.807, 2.05) is 0 Å². The Hall–Kier alpha value is -1.45. The summed E-state index contributed by atoms with van der Waals surface area (Å²) >= 11 is 0. The van der Waals surface area contributed by atoms with Gasteiger partial charge in [0.2, 0.25) is 15.9 Å². The maximum atomic E-state index is 12.2. The highest BCUT2D eigenvalue weighted by atomic mass is 32.2. The summed E-state index contributed by atoms with van der Waals surface area (Å²) in [6, 6.07) is 1.77. The van der Waals surface area contributed by atoms with E-state index in [0.29, 0.717) is 19.7 Å². The molecule has 0 radical (unpaired) electrons. The van der Waals surface area contributed by atoms with Crippen molar-refractivity contribution in [3.63, 3.8) is 0 Å². The number of rotatable bonds is 5. The Balaban J connectivity index is 2.16. The van der Waals surface area contributed by atoms with Crippen LogP contribution in [0.1, 0.15) is 5.69 Å². The molecule has 8 nitrogen and oxygen atoms in total. The standard InChI is InChI=1S/C12H20N4O4S/c1-20-6-5-13-12(17)10-7-15(21(2,18)19)9-11-3-4-14-16(11)8-10/h3-4,10H,5-9H2,1-2H3,(H,13,17). The van der Waals surface area contributed by atoms with Crippen molar-refractivity contribution in [3.8, 4) is 0 Å². The van der Waals surface area contributed by atoms with Crippen molar-refractivity contribution in [2.75, 3.05) is 33.1 Å². The lowest BCUT2D eigenvalue weighted by atomic mass is 10.1. The third-order valence-corrected chi connectivity index (χ3v) is 4.62. The Kier molecular flexibility index (Phi) is 4.96. The number of nitrogens with zero attached hydrogens (tertiary/aromatic N) is 3. The number of hydrogen-bond acceptors (Lipinski definition) is 5. The van der Waals surface area contributed by atoms with Crippen LogP contribution in [-0.2, 0) is 32.6 Å². The highest BCUT2D eigenvalue weighted by Crippen LogP contribution is 2.18. The molecular formula is C12H20N4O4S. The van der Waals surface area contributed by atoms with Gasteiger partial charge in [-0.05, 0) is 6.07 Å². The minimum atomic E-state index is -3.37. The van der Waals surface area contributed by atoms with E-state index < -0.39 is 15.9 Å². The molecule has 0 saturated carbocycles. The summed E-state index contributed by atoms with van der Waals surface area (Å²) in [5.74, 6) is -0.665. The number of carbonyl (C=O) groups excluding carboxylic acids is 1. The molecule has 0 aliphatic carbocycles. The number of amides is 1. The Morgan fingerprint density at radius 3 is 2.95 bits per heavy atom. The lowest BCUT2D eigenvalue weighted by Crippen LogP contribution is -2.41. The molecule has 2 heterocycles. The quantitative estimate of drug-likeness (QED) is 0.706. The van der Waals surface area contributed by atoms with E-state index in [-0.39, 0.29) is 19.0 Å². The molecule has 1 amide bonds. The molecule has 1 unspecified atom stereocenters. The summed E-state index contributed by atoms with van der Waals surface area (Å²) in [7, 11) is -1.82. The smallest absolute Gasteiger partial charge is 0.226 e. The minimum absolute atomic E-state index is 0.154. The zero-order valence-corrected chi connectivity index (χ0v) is 13.0. The fourth-order valence-electron chi connectivity index (χ4n) is 2.26. The van der Waals surface area contributed by atoms with Crippen LogP contribution in [0.5, 0.6) is 0 Å². The van der Waals surface area contributed by atoms with Crippen molar-refractivity contribution in [2.24, 2.45) is 5.92 Å². The zero-order chi connectivity index (χ0) is 15.5. The number of carbonyl (C=O) groups is 1. The van der Waals surface area contributed by atoms with Gasteiger partial charge in [0.25, 0.3) is 0 Å². The van der Waals surface area contributed by atoms with E-state index in [1.165, 1.54) is 4.31 Å². The van der Waals surface area contributed by atoms with Gasteiger partial charge in [-0.3, -0.25) is 9.48 Å². The van der Waals surface area contributed by atoms with Crippen LogP contribution in [0.15, 0.2) is 12.3 Å². The van der Waals surface area contributed by atoms with Crippen LogP contribution in [0.4, 0.5) is 0 Å². The molecule has 1 aliphatic rings. The average molecular weight is 316 g/mol. The first kappa shape index (κ1) is 15.9. The van der Waals surface area contributed by atoms with Crippen LogP contribution in [0.2, 0.25) is 0 Å². The van der Waals surface area contributed by atoms with Gasteiger partial charge in [-0.1, -0.05) is 0 Å². The van der Waals surface area contributed by atoms with Crippen LogP contribution >= 0.6 is 0 Å². The molecule has 9 heteroatoms. The molecule has 2 rings (SSSR count). The molecular weight excluding hydrogens is 296 g/mol. The van der Waals surface area contributed by atoms with Gasteiger partial charge < -0.3 is 10.1 Å². The minimum Gasteiger partial charge on any atom is -0.383 e. The van der Waals surface area contributed by atoms with E-state index >= 15 is 0 Å². The van der Waals surface area contributed by atoms with Crippen molar-refractivity contribution in [3.05, 3.63) is 18.0 Å². The van der Waals surface area contributed by atoms with Crippen molar-refractivity contribution < 1.29 is 17.9 Å². The number of ether oxygens (including phenoxy) is 1. The van der Waals surface area contributed by atoms with Crippen molar-refractivity contribution in [1.29, 1.82) is 0 Å². The summed E-state index contributed by atoms with van der Waals surface area (Å²) in [6.07, 6.45) is 2.76. The number of nitrogens with one attached hydrogen (secondary N) is 1. The van der Waals surface area contributed by atoms with Gasteiger partial charge in [-0.2, -0.15) is 9.40 Å². The molecule has 118 valence electrons. The fourth-order valence-corrected chi connectivity index (χ4v) is 3.07. The summed E-state index contributed by atoms with van der Waals surface area (Å²) in [4.78, 5) is 12.2. The number of sulfonamides is 1. The molecule has 0 saturated heterocycles. The second kappa shape index (κ2) is 6.54. The average Bonchev–Trinajstić information content (AvgIpc) is 2.75. The lowest BCUT2D eigenvalue weighted by molar-refractivity contribution is -0.125. The van der Waals surface area contributed by atoms with Crippen molar-refractivity contribution in [2.45, 2.75) is 13.1 Å². The number of hydrogen-bond donors (Lipinski definition) is 1. The molecule has 1 atom stereocenters. The third kappa shape index (κ3) is 4.02. The van der Waals surface area contributed by atoms with Gasteiger partial charge in [-0.25, -0.2) is 8.42 Å². The third-order valence-electron chi connectivity index (χ3n) is 3.41. The van der Waals surface area contributed by atoms with Gasteiger partial charge in [-0.15, -0.1) is 0 Å². The van der Waals surface area contributed by atoms with E-state index in [9.17, 15) is 13.2 Å².